The van der Waals surface area contributed by atoms with Gasteiger partial charge in [-0.3, -0.25) is 4.79 Å². The van der Waals surface area contributed by atoms with E-state index in [1.807, 2.05) is 36.9 Å². The van der Waals surface area contributed by atoms with E-state index >= 15 is 0 Å². The lowest BCUT2D eigenvalue weighted by molar-refractivity contribution is -0.132. The fourth-order valence-corrected chi connectivity index (χ4v) is 1.74. The van der Waals surface area contributed by atoms with Gasteiger partial charge in [0.25, 0.3) is 0 Å². The van der Waals surface area contributed by atoms with Crippen molar-refractivity contribution in [1.29, 1.82) is 0 Å². The van der Waals surface area contributed by atoms with Gasteiger partial charge < -0.3 is 10.6 Å². The molecule has 0 spiro atoms. The third kappa shape index (κ3) is 5.07. The number of amides is 1. The molecule has 0 aliphatic heterocycles. The van der Waals surface area contributed by atoms with Crippen LogP contribution < -0.4 is 5.73 Å². The number of carbonyl (C=O) groups is 1. The average molecular weight is 271 g/mol. The Labute approximate surface area is 116 Å². The highest BCUT2D eigenvalue weighted by Gasteiger charge is 2.17. The summed E-state index contributed by atoms with van der Waals surface area (Å²) in [5, 5.41) is 0. The number of carbonyl (C=O) groups excluding carboxylic acids is 1. The number of hydrogen-bond donors (Lipinski definition) is 1. The summed E-state index contributed by atoms with van der Waals surface area (Å²) in [7, 11) is 0. The Morgan fingerprint density at radius 2 is 1.89 bits per heavy atom. The summed E-state index contributed by atoms with van der Waals surface area (Å²) >= 11 is 0. The molecule has 0 heterocycles. The van der Waals surface area contributed by atoms with Gasteiger partial charge in [-0.25, -0.2) is 0 Å². The number of nitrogens with two attached hydrogens (primary N) is 1. The maximum Gasteiger partial charge on any atom is 0.239 e. The van der Waals surface area contributed by atoms with Gasteiger partial charge in [-0.05, 0) is 25.3 Å². The van der Waals surface area contributed by atoms with Crippen LogP contribution in [0.4, 0.5) is 0 Å². The van der Waals surface area contributed by atoms with Crippen LogP contribution in [-0.4, -0.2) is 29.9 Å². The molecule has 1 aromatic carbocycles. The van der Waals surface area contributed by atoms with E-state index in [-0.39, 0.29) is 24.4 Å². The number of halogens is 1. The summed E-state index contributed by atoms with van der Waals surface area (Å²) < 4.78 is 0. The zero-order chi connectivity index (χ0) is 12.7. The van der Waals surface area contributed by atoms with Crippen LogP contribution in [0.1, 0.15) is 25.8 Å². The van der Waals surface area contributed by atoms with Gasteiger partial charge in [0, 0.05) is 13.1 Å². The molecule has 4 heteroatoms. The SMILES string of the molecule is CC[C@H](N)C(=O)N(CC)CCc1ccccc1.Cl. The van der Waals surface area contributed by atoms with Crippen molar-refractivity contribution >= 4 is 18.3 Å². The van der Waals surface area contributed by atoms with Crippen molar-refractivity contribution in [2.24, 2.45) is 5.73 Å². The molecule has 102 valence electrons. The minimum Gasteiger partial charge on any atom is -0.341 e. The largest absolute Gasteiger partial charge is 0.341 e. The van der Waals surface area contributed by atoms with E-state index in [1.165, 1.54) is 5.56 Å². The monoisotopic (exact) mass is 270 g/mol. The molecule has 3 nitrogen and oxygen atoms in total. The molecule has 18 heavy (non-hydrogen) atoms. The molecule has 1 atom stereocenters. The van der Waals surface area contributed by atoms with Gasteiger partial charge in [0.1, 0.15) is 0 Å². The normalized spacial score (nSPS) is 11.5. The third-order valence-electron chi connectivity index (χ3n) is 2.96. The molecule has 1 rings (SSSR count). The Bertz CT molecular complexity index is 343. The van der Waals surface area contributed by atoms with Crippen LogP contribution in [0.5, 0.6) is 0 Å². The number of likely N-dealkylation sites (N-methyl/N-ethyl adjacent to an activating group) is 1. The highest BCUT2D eigenvalue weighted by Crippen LogP contribution is 2.03. The zero-order valence-corrected chi connectivity index (χ0v) is 12.0. The quantitative estimate of drug-likeness (QED) is 0.862. The second-order valence-corrected chi connectivity index (χ2v) is 4.17. The van der Waals surface area contributed by atoms with Crippen LogP contribution in [0.2, 0.25) is 0 Å². The lowest BCUT2D eigenvalue weighted by Crippen LogP contribution is -2.44. The lowest BCUT2D eigenvalue weighted by Gasteiger charge is -2.23. The van der Waals surface area contributed by atoms with Crippen molar-refractivity contribution in [3.63, 3.8) is 0 Å². The lowest BCUT2D eigenvalue weighted by atomic mass is 10.1. The number of rotatable bonds is 6. The van der Waals surface area contributed by atoms with E-state index in [0.717, 1.165) is 19.5 Å². The molecule has 0 unspecified atom stereocenters. The van der Waals surface area contributed by atoms with Gasteiger partial charge >= 0.3 is 0 Å². The third-order valence-corrected chi connectivity index (χ3v) is 2.96. The fourth-order valence-electron chi connectivity index (χ4n) is 1.74. The molecule has 0 aliphatic rings. The fraction of sp³-hybridized carbons (Fsp3) is 0.500. The van der Waals surface area contributed by atoms with E-state index < -0.39 is 0 Å². The molecule has 0 radical (unpaired) electrons. The maximum absolute atomic E-state index is 11.9. The number of nitrogens with zero attached hydrogens (tertiary/aromatic N) is 1. The predicted molar refractivity (Wildman–Crippen MR) is 77.9 cm³/mol. The van der Waals surface area contributed by atoms with Crippen molar-refractivity contribution < 1.29 is 4.79 Å². The van der Waals surface area contributed by atoms with Gasteiger partial charge in [-0.2, -0.15) is 0 Å². The molecule has 0 fully saturated rings. The van der Waals surface area contributed by atoms with E-state index in [0.29, 0.717) is 6.42 Å². The maximum atomic E-state index is 11.9. The standard InChI is InChI=1S/C14H22N2O.ClH/c1-3-13(15)14(17)16(4-2)11-10-12-8-6-5-7-9-12;/h5-9,13H,3-4,10-11,15H2,1-2H3;1H/t13-;/m0./s1. The Balaban J connectivity index is 0.00000289. The van der Waals surface area contributed by atoms with Crippen LogP contribution in [-0.2, 0) is 11.2 Å². The first-order valence-corrected chi connectivity index (χ1v) is 6.27. The summed E-state index contributed by atoms with van der Waals surface area (Å²) in [5.41, 5.74) is 7.02. The van der Waals surface area contributed by atoms with Gasteiger partial charge in [-0.1, -0.05) is 37.3 Å². The van der Waals surface area contributed by atoms with Crippen molar-refractivity contribution in [2.45, 2.75) is 32.7 Å². The summed E-state index contributed by atoms with van der Waals surface area (Å²) in [6.07, 6.45) is 1.58. The molecule has 0 saturated carbocycles. The molecule has 0 bridgehead atoms. The molecule has 0 aliphatic carbocycles. The van der Waals surface area contributed by atoms with Gasteiger partial charge in [0.15, 0.2) is 0 Å². The summed E-state index contributed by atoms with van der Waals surface area (Å²) in [4.78, 5) is 13.8. The number of hydrogen-bond acceptors (Lipinski definition) is 2. The van der Waals surface area contributed by atoms with Crippen molar-refractivity contribution in [3.8, 4) is 0 Å². The van der Waals surface area contributed by atoms with Crippen LogP contribution in [0.25, 0.3) is 0 Å². The van der Waals surface area contributed by atoms with Crippen LogP contribution >= 0.6 is 12.4 Å². The summed E-state index contributed by atoms with van der Waals surface area (Å²) in [5.74, 6) is 0.0610. The summed E-state index contributed by atoms with van der Waals surface area (Å²) in [6, 6.07) is 9.84. The molecule has 2 N–H and O–H groups in total. The minimum atomic E-state index is -0.356. The average Bonchev–Trinajstić information content (AvgIpc) is 2.39. The van der Waals surface area contributed by atoms with Crippen LogP contribution in [0.3, 0.4) is 0 Å². The Kier molecular flexibility index (Phi) is 8.42. The highest BCUT2D eigenvalue weighted by atomic mass is 35.5. The second kappa shape index (κ2) is 8.95. The van der Waals surface area contributed by atoms with Crippen LogP contribution in [0, 0.1) is 0 Å². The second-order valence-electron chi connectivity index (χ2n) is 4.17. The Morgan fingerprint density at radius 1 is 1.28 bits per heavy atom. The Morgan fingerprint density at radius 3 is 2.39 bits per heavy atom. The van der Waals surface area contributed by atoms with Crippen LogP contribution in [0.15, 0.2) is 30.3 Å². The van der Waals surface area contributed by atoms with E-state index in [2.05, 4.69) is 12.1 Å². The molecular weight excluding hydrogens is 248 g/mol. The number of benzene rings is 1. The van der Waals surface area contributed by atoms with Gasteiger partial charge in [-0.15, -0.1) is 12.4 Å². The molecule has 1 amide bonds. The first kappa shape index (κ1) is 16.9. The van der Waals surface area contributed by atoms with E-state index in [9.17, 15) is 4.79 Å². The van der Waals surface area contributed by atoms with Crippen molar-refractivity contribution in [2.75, 3.05) is 13.1 Å². The highest BCUT2D eigenvalue weighted by molar-refractivity contribution is 5.85. The smallest absolute Gasteiger partial charge is 0.239 e. The van der Waals surface area contributed by atoms with Gasteiger partial charge in [0.2, 0.25) is 5.91 Å². The van der Waals surface area contributed by atoms with E-state index in [4.69, 9.17) is 5.73 Å². The first-order chi connectivity index (χ1) is 8.19. The van der Waals surface area contributed by atoms with Crippen molar-refractivity contribution in [1.82, 2.24) is 4.90 Å². The molecule has 0 saturated heterocycles. The van der Waals surface area contributed by atoms with Gasteiger partial charge in [0.05, 0.1) is 6.04 Å². The van der Waals surface area contributed by atoms with E-state index in [1.54, 1.807) is 0 Å². The Hall–Kier alpha value is -1.06. The van der Waals surface area contributed by atoms with Crippen molar-refractivity contribution in [3.05, 3.63) is 35.9 Å². The first-order valence-electron chi connectivity index (χ1n) is 6.27. The zero-order valence-electron chi connectivity index (χ0n) is 11.1. The molecular formula is C14H23ClN2O. The molecule has 0 aromatic heterocycles. The summed E-state index contributed by atoms with van der Waals surface area (Å²) in [6.45, 7) is 5.39. The molecule has 1 aromatic rings. The topological polar surface area (TPSA) is 46.3 Å². The predicted octanol–water partition coefficient (Wildman–Crippen LogP) is 2.24. The minimum absolute atomic E-state index is 0.